The molecule has 0 aliphatic carbocycles. The molecule has 2 heteroatoms. The van der Waals surface area contributed by atoms with Gasteiger partial charge in [0.15, 0.2) is 0 Å². The highest BCUT2D eigenvalue weighted by atomic mass is 32.2. The number of thioether (sulfide) groups is 1. The smallest absolute Gasteiger partial charge is 0.0578 e. The summed E-state index contributed by atoms with van der Waals surface area (Å²) < 4.78 is 0. The Bertz CT molecular complexity index is 134. The third-order valence-electron chi connectivity index (χ3n) is 2.81. The third kappa shape index (κ3) is 5.58. The van der Waals surface area contributed by atoms with E-state index >= 15 is 0 Å². The SMILES string of the molecule is CCC(C)(C)CC(O)C(C)CSC. The molecule has 0 radical (unpaired) electrons. The number of hydrogen-bond donors (Lipinski definition) is 1. The maximum Gasteiger partial charge on any atom is 0.0578 e. The molecule has 0 aromatic heterocycles. The summed E-state index contributed by atoms with van der Waals surface area (Å²) in [7, 11) is 0. The molecule has 0 aromatic carbocycles. The van der Waals surface area contributed by atoms with E-state index in [1.807, 2.05) is 11.8 Å². The summed E-state index contributed by atoms with van der Waals surface area (Å²) >= 11 is 1.81. The molecule has 0 heterocycles. The van der Waals surface area contributed by atoms with Gasteiger partial charge in [-0.1, -0.05) is 34.1 Å². The van der Waals surface area contributed by atoms with Crippen LogP contribution in [0.5, 0.6) is 0 Å². The van der Waals surface area contributed by atoms with Crippen molar-refractivity contribution >= 4 is 11.8 Å². The lowest BCUT2D eigenvalue weighted by Gasteiger charge is -2.28. The zero-order valence-corrected chi connectivity index (χ0v) is 10.4. The van der Waals surface area contributed by atoms with Gasteiger partial charge in [0.2, 0.25) is 0 Å². The molecule has 0 rings (SSSR count). The Hall–Kier alpha value is 0.310. The fourth-order valence-corrected chi connectivity index (χ4v) is 2.03. The van der Waals surface area contributed by atoms with Crippen LogP contribution in [0.4, 0.5) is 0 Å². The Morgan fingerprint density at radius 3 is 2.31 bits per heavy atom. The predicted octanol–water partition coefficient (Wildman–Crippen LogP) is 3.17. The Kier molecular flexibility index (Phi) is 6.06. The molecule has 0 saturated carbocycles. The topological polar surface area (TPSA) is 20.2 Å². The highest BCUT2D eigenvalue weighted by Crippen LogP contribution is 2.29. The Labute approximate surface area is 87.3 Å². The monoisotopic (exact) mass is 204 g/mol. The summed E-state index contributed by atoms with van der Waals surface area (Å²) in [4.78, 5) is 0. The molecule has 0 aromatic rings. The van der Waals surface area contributed by atoms with E-state index in [2.05, 4.69) is 34.0 Å². The van der Waals surface area contributed by atoms with Crippen molar-refractivity contribution in [2.24, 2.45) is 11.3 Å². The quantitative estimate of drug-likeness (QED) is 0.717. The van der Waals surface area contributed by atoms with E-state index < -0.39 is 0 Å². The molecule has 0 fully saturated rings. The number of aliphatic hydroxyl groups is 1. The maximum atomic E-state index is 9.90. The van der Waals surface area contributed by atoms with Crippen LogP contribution in [0, 0.1) is 11.3 Å². The lowest BCUT2D eigenvalue weighted by molar-refractivity contribution is 0.0747. The van der Waals surface area contributed by atoms with Crippen LogP contribution in [0.25, 0.3) is 0 Å². The summed E-state index contributed by atoms with van der Waals surface area (Å²) in [5.74, 6) is 1.47. The van der Waals surface area contributed by atoms with Crippen molar-refractivity contribution in [2.75, 3.05) is 12.0 Å². The van der Waals surface area contributed by atoms with E-state index in [-0.39, 0.29) is 11.5 Å². The first kappa shape index (κ1) is 13.3. The Morgan fingerprint density at radius 1 is 1.38 bits per heavy atom. The minimum absolute atomic E-state index is 0.137. The van der Waals surface area contributed by atoms with Crippen LogP contribution in [-0.4, -0.2) is 23.2 Å². The van der Waals surface area contributed by atoms with Gasteiger partial charge >= 0.3 is 0 Å². The normalized spacial score (nSPS) is 17.1. The van der Waals surface area contributed by atoms with Gasteiger partial charge in [0, 0.05) is 0 Å². The largest absolute Gasteiger partial charge is 0.393 e. The highest BCUT2D eigenvalue weighted by molar-refractivity contribution is 7.98. The number of rotatable bonds is 6. The first-order valence-corrected chi connectivity index (χ1v) is 6.49. The molecule has 0 spiro atoms. The zero-order valence-electron chi connectivity index (χ0n) is 9.63. The van der Waals surface area contributed by atoms with Gasteiger partial charge in [-0.3, -0.25) is 0 Å². The summed E-state index contributed by atoms with van der Waals surface area (Å²) in [5.41, 5.74) is 0.284. The highest BCUT2D eigenvalue weighted by Gasteiger charge is 2.23. The van der Waals surface area contributed by atoms with E-state index in [9.17, 15) is 5.11 Å². The summed E-state index contributed by atoms with van der Waals surface area (Å²) in [6, 6.07) is 0. The standard InChI is InChI=1S/C11H24OS/c1-6-11(3,4)7-10(12)9(2)8-13-5/h9-10,12H,6-8H2,1-5H3. The van der Waals surface area contributed by atoms with Crippen molar-refractivity contribution in [3.8, 4) is 0 Å². The molecule has 0 bridgehead atoms. The minimum Gasteiger partial charge on any atom is -0.393 e. The van der Waals surface area contributed by atoms with Gasteiger partial charge in [0.05, 0.1) is 6.10 Å². The van der Waals surface area contributed by atoms with Gasteiger partial charge in [-0.2, -0.15) is 11.8 Å². The molecular formula is C11H24OS. The molecular weight excluding hydrogens is 180 g/mol. The molecule has 1 N–H and O–H groups in total. The molecule has 0 aliphatic heterocycles. The van der Waals surface area contributed by atoms with Crippen LogP contribution in [0.2, 0.25) is 0 Å². The minimum atomic E-state index is -0.137. The zero-order chi connectivity index (χ0) is 10.5. The van der Waals surface area contributed by atoms with Crippen molar-refractivity contribution in [1.82, 2.24) is 0 Å². The van der Waals surface area contributed by atoms with Crippen molar-refractivity contribution in [3.63, 3.8) is 0 Å². The first-order valence-electron chi connectivity index (χ1n) is 5.10. The maximum absolute atomic E-state index is 9.90. The summed E-state index contributed by atoms with van der Waals surface area (Å²) in [5, 5.41) is 9.90. The van der Waals surface area contributed by atoms with Gasteiger partial charge in [-0.15, -0.1) is 0 Å². The molecule has 1 nitrogen and oxygen atoms in total. The molecule has 0 saturated heterocycles. The number of hydrogen-bond acceptors (Lipinski definition) is 2. The van der Waals surface area contributed by atoms with Gasteiger partial charge < -0.3 is 5.11 Å². The summed E-state index contributed by atoms with van der Waals surface area (Å²) in [6.07, 6.45) is 4.01. The van der Waals surface area contributed by atoms with Gasteiger partial charge in [0.1, 0.15) is 0 Å². The van der Waals surface area contributed by atoms with E-state index in [0.29, 0.717) is 5.92 Å². The van der Waals surface area contributed by atoms with Crippen LogP contribution < -0.4 is 0 Å². The molecule has 2 unspecified atom stereocenters. The molecule has 13 heavy (non-hydrogen) atoms. The molecule has 0 aliphatic rings. The third-order valence-corrected chi connectivity index (χ3v) is 3.66. The fourth-order valence-electron chi connectivity index (χ4n) is 1.29. The first-order chi connectivity index (χ1) is 5.93. The van der Waals surface area contributed by atoms with Gasteiger partial charge in [-0.05, 0) is 29.8 Å². The van der Waals surface area contributed by atoms with Crippen LogP contribution >= 0.6 is 11.8 Å². The van der Waals surface area contributed by atoms with Crippen LogP contribution in [0.3, 0.4) is 0 Å². The molecule has 2 atom stereocenters. The van der Waals surface area contributed by atoms with Crippen LogP contribution in [0.15, 0.2) is 0 Å². The molecule has 80 valence electrons. The van der Waals surface area contributed by atoms with Gasteiger partial charge in [-0.25, -0.2) is 0 Å². The second kappa shape index (κ2) is 5.92. The Morgan fingerprint density at radius 2 is 1.92 bits per heavy atom. The number of aliphatic hydroxyl groups excluding tert-OH is 1. The van der Waals surface area contributed by atoms with E-state index in [1.54, 1.807) is 0 Å². The van der Waals surface area contributed by atoms with E-state index in [4.69, 9.17) is 0 Å². The van der Waals surface area contributed by atoms with E-state index in [1.165, 1.54) is 0 Å². The van der Waals surface area contributed by atoms with Crippen molar-refractivity contribution in [3.05, 3.63) is 0 Å². The fraction of sp³-hybridized carbons (Fsp3) is 1.00. The molecule has 0 amide bonds. The predicted molar refractivity (Wildman–Crippen MR) is 62.2 cm³/mol. The second-order valence-electron chi connectivity index (χ2n) is 4.72. The average Bonchev–Trinajstić information content (AvgIpc) is 2.04. The second-order valence-corrected chi connectivity index (χ2v) is 5.63. The van der Waals surface area contributed by atoms with Gasteiger partial charge in [0.25, 0.3) is 0 Å². The summed E-state index contributed by atoms with van der Waals surface area (Å²) in [6.45, 7) is 8.77. The van der Waals surface area contributed by atoms with Crippen LogP contribution in [-0.2, 0) is 0 Å². The van der Waals surface area contributed by atoms with Crippen LogP contribution in [0.1, 0.15) is 40.5 Å². The Balaban J connectivity index is 3.91. The van der Waals surface area contributed by atoms with Crippen molar-refractivity contribution in [1.29, 1.82) is 0 Å². The lowest BCUT2D eigenvalue weighted by atomic mass is 9.81. The van der Waals surface area contributed by atoms with Crippen molar-refractivity contribution in [2.45, 2.75) is 46.6 Å². The van der Waals surface area contributed by atoms with Crippen molar-refractivity contribution < 1.29 is 5.11 Å². The average molecular weight is 204 g/mol. The van der Waals surface area contributed by atoms with E-state index in [0.717, 1.165) is 18.6 Å². The lowest BCUT2D eigenvalue weighted by Crippen LogP contribution is -2.26.